The van der Waals surface area contributed by atoms with Gasteiger partial charge in [0.25, 0.3) is 5.91 Å². The molecule has 0 saturated carbocycles. The fourth-order valence-corrected chi connectivity index (χ4v) is 3.61. The molecule has 6 heteroatoms. The molecule has 0 atom stereocenters. The van der Waals surface area contributed by atoms with Crippen LogP contribution >= 0.6 is 0 Å². The van der Waals surface area contributed by atoms with Crippen LogP contribution in [0.15, 0.2) is 48.8 Å². The molecule has 2 heterocycles. The summed E-state index contributed by atoms with van der Waals surface area (Å²) in [5.41, 5.74) is 2.52. The smallest absolute Gasteiger partial charge is 0.258 e. The number of ether oxygens (including phenoxy) is 1. The standard InChI is InChI=1S/C21H22N4O2/c1-15-6-5-9-18(27-2)19(15)21(26)25-12-10-24(11-13-25)20-16-7-3-4-8-17(16)22-14-23-20/h3-9,14H,10-13H2,1-2H3. The van der Waals surface area contributed by atoms with Crippen molar-refractivity contribution in [2.75, 3.05) is 38.2 Å². The predicted octanol–water partition coefficient (Wildman–Crippen LogP) is 2.91. The van der Waals surface area contributed by atoms with Gasteiger partial charge in [-0.25, -0.2) is 9.97 Å². The zero-order valence-corrected chi connectivity index (χ0v) is 15.6. The summed E-state index contributed by atoms with van der Waals surface area (Å²) < 4.78 is 5.40. The number of piperazine rings is 1. The summed E-state index contributed by atoms with van der Waals surface area (Å²) in [6, 6.07) is 13.7. The van der Waals surface area contributed by atoms with E-state index in [1.807, 2.05) is 54.3 Å². The fraction of sp³-hybridized carbons (Fsp3) is 0.286. The SMILES string of the molecule is COc1cccc(C)c1C(=O)N1CCN(c2ncnc3ccccc23)CC1. The van der Waals surface area contributed by atoms with Gasteiger partial charge < -0.3 is 14.5 Å². The Bertz CT molecular complexity index is 976. The average Bonchev–Trinajstić information content (AvgIpc) is 2.73. The van der Waals surface area contributed by atoms with Gasteiger partial charge >= 0.3 is 0 Å². The van der Waals surface area contributed by atoms with Crippen LogP contribution in [0.1, 0.15) is 15.9 Å². The van der Waals surface area contributed by atoms with Crippen molar-refractivity contribution in [3.63, 3.8) is 0 Å². The van der Waals surface area contributed by atoms with Gasteiger partial charge in [0.2, 0.25) is 0 Å². The maximum Gasteiger partial charge on any atom is 0.258 e. The third kappa shape index (κ3) is 3.18. The van der Waals surface area contributed by atoms with Gasteiger partial charge in [0.1, 0.15) is 17.9 Å². The Hall–Kier alpha value is -3.15. The first-order valence-corrected chi connectivity index (χ1v) is 9.06. The largest absolute Gasteiger partial charge is 0.496 e. The number of carbonyl (C=O) groups is 1. The number of fused-ring (bicyclic) bond motifs is 1. The highest BCUT2D eigenvalue weighted by Crippen LogP contribution is 2.26. The van der Waals surface area contributed by atoms with Gasteiger partial charge in [-0.05, 0) is 30.7 Å². The summed E-state index contributed by atoms with van der Waals surface area (Å²) in [5.74, 6) is 1.59. The monoisotopic (exact) mass is 362 g/mol. The topological polar surface area (TPSA) is 58.6 Å². The molecule has 4 rings (SSSR count). The highest BCUT2D eigenvalue weighted by molar-refractivity contribution is 5.98. The number of aromatic nitrogens is 2. The van der Waals surface area contributed by atoms with E-state index < -0.39 is 0 Å². The molecule has 1 aliphatic rings. The van der Waals surface area contributed by atoms with E-state index in [1.54, 1.807) is 13.4 Å². The molecule has 1 aromatic heterocycles. The van der Waals surface area contributed by atoms with Gasteiger partial charge in [-0.3, -0.25) is 4.79 Å². The maximum absolute atomic E-state index is 13.1. The second-order valence-electron chi connectivity index (χ2n) is 6.65. The molecule has 1 saturated heterocycles. The highest BCUT2D eigenvalue weighted by atomic mass is 16.5. The van der Waals surface area contributed by atoms with E-state index in [4.69, 9.17) is 4.74 Å². The van der Waals surface area contributed by atoms with Crippen LogP contribution in [0.5, 0.6) is 5.75 Å². The predicted molar refractivity (Wildman–Crippen MR) is 105 cm³/mol. The summed E-state index contributed by atoms with van der Waals surface area (Å²) >= 11 is 0. The summed E-state index contributed by atoms with van der Waals surface area (Å²) in [6.45, 7) is 4.71. The van der Waals surface area contributed by atoms with E-state index in [0.29, 0.717) is 24.4 Å². The van der Waals surface area contributed by atoms with Crippen molar-refractivity contribution in [2.24, 2.45) is 0 Å². The maximum atomic E-state index is 13.1. The van der Waals surface area contributed by atoms with Gasteiger partial charge in [0.05, 0.1) is 18.2 Å². The number of carbonyl (C=O) groups excluding carboxylic acids is 1. The van der Waals surface area contributed by atoms with Crippen LogP contribution in [-0.4, -0.2) is 54.1 Å². The van der Waals surface area contributed by atoms with E-state index in [-0.39, 0.29) is 5.91 Å². The van der Waals surface area contributed by atoms with Crippen molar-refractivity contribution in [1.82, 2.24) is 14.9 Å². The molecule has 0 spiro atoms. The molecular formula is C21H22N4O2. The minimum atomic E-state index is 0.0251. The Morgan fingerprint density at radius 2 is 1.78 bits per heavy atom. The molecule has 27 heavy (non-hydrogen) atoms. The van der Waals surface area contributed by atoms with Gasteiger partial charge in [0, 0.05) is 31.6 Å². The number of amides is 1. The first kappa shape index (κ1) is 17.3. The molecule has 0 N–H and O–H groups in total. The molecule has 1 fully saturated rings. The Morgan fingerprint density at radius 1 is 1.00 bits per heavy atom. The van der Waals surface area contributed by atoms with Gasteiger partial charge in [-0.1, -0.05) is 24.3 Å². The van der Waals surface area contributed by atoms with Crippen molar-refractivity contribution in [2.45, 2.75) is 6.92 Å². The first-order chi connectivity index (χ1) is 13.2. The minimum absolute atomic E-state index is 0.0251. The van der Waals surface area contributed by atoms with E-state index >= 15 is 0 Å². The lowest BCUT2D eigenvalue weighted by Gasteiger charge is -2.36. The number of para-hydroxylation sites is 1. The van der Waals surface area contributed by atoms with Crippen LogP contribution in [0.25, 0.3) is 10.9 Å². The van der Waals surface area contributed by atoms with E-state index in [2.05, 4.69) is 14.9 Å². The van der Waals surface area contributed by atoms with Crippen LogP contribution < -0.4 is 9.64 Å². The number of hydrogen-bond acceptors (Lipinski definition) is 5. The van der Waals surface area contributed by atoms with Crippen molar-refractivity contribution in [1.29, 1.82) is 0 Å². The second-order valence-corrected chi connectivity index (χ2v) is 6.65. The number of nitrogens with zero attached hydrogens (tertiary/aromatic N) is 4. The number of rotatable bonds is 3. The average molecular weight is 362 g/mol. The Balaban J connectivity index is 1.53. The Morgan fingerprint density at radius 3 is 2.56 bits per heavy atom. The fourth-order valence-electron chi connectivity index (χ4n) is 3.61. The number of hydrogen-bond donors (Lipinski definition) is 0. The third-order valence-corrected chi connectivity index (χ3v) is 5.06. The third-order valence-electron chi connectivity index (χ3n) is 5.06. The minimum Gasteiger partial charge on any atom is -0.496 e. The molecule has 138 valence electrons. The van der Waals surface area contributed by atoms with Crippen molar-refractivity contribution in [3.8, 4) is 5.75 Å². The lowest BCUT2D eigenvalue weighted by molar-refractivity contribution is 0.0742. The lowest BCUT2D eigenvalue weighted by Crippen LogP contribution is -2.49. The zero-order valence-electron chi connectivity index (χ0n) is 15.6. The van der Waals surface area contributed by atoms with Gasteiger partial charge in [0.15, 0.2) is 0 Å². The molecular weight excluding hydrogens is 340 g/mol. The van der Waals surface area contributed by atoms with Crippen LogP contribution in [-0.2, 0) is 0 Å². The molecule has 0 unspecified atom stereocenters. The highest BCUT2D eigenvalue weighted by Gasteiger charge is 2.26. The van der Waals surface area contributed by atoms with Gasteiger partial charge in [-0.15, -0.1) is 0 Å². The van der Waals surface area contributed by atoms with E-state index in [1.165, 1.54) is 0 Å². The summed E-state index contributed by atoms with van der Waals surface area (Å²) in [5, 5.41) is 1.04. The van der Waals surface area contributed by atoms with Gasteiger partial charge in [-0.2, -0.15) is 0 Å². The van der Waals surface area contributed by atoms with Crippen LogP contribution in [0.4, 0.5) is 5.82 Å². The first-order valence-electron chi connectivity index (χ1n) is 9.06. The van der Waals surface area contributed by atoms with Crippen molar-refractivity contribution < 1.29 is 9.53 Å². The number of aryl methyl sites for hydroxylation is 1. The number of anilines is 1. The molecule has 0 aliphatic carbocycles. The van der Waals surface area contributed by atoms with Crippen molar-refractivity contribution in [3.05, 3.63) is 59.9 Å². The molecule has 0 radical (unpaired) electrons. The summed E-state index contributed by atoms with van der Waals surface area (Å²) in [6.07, 6.45) is 1.60. The van der Waals surface area contributed by atoms with E-state index in [9.17, 15) is 4.79 Å². The number of benzene rings is 2. The summed E-state index contributed by atoms with van der Waals surface area (Å²) in [7, 11) is 1.60. The van der Waals surface area contributed by atoms with Crippen molar-refractivity contribution >= 4 is 22.6 Å². The second kappa shape index (κ2) is 7.23. The lowest BCUT2D eigenvalue weighted by atomic mass is 10.1. The Labute approximate surface area is 158 Å². The quantitative estimate of drug-likeness (QED) is 0.717. The number of methoxy groups -OCH3 is 1. The Kier molecular flexibility index (Phi) is 4.62. The molecule has 1 amide bonds. The normalized spacial score (nSPS) is 14.4. The zero-order chi connectivity index (χ0) is 18.8. The molecule has 1 aliphatic heterocycles. The molecule has 2 aromatic carbocycles. The summed E-state index contributed by atoms with van der Waals surface area (Å²) in [4.78, 5) is 26.0. The van der Waals surface area contributed by atoms with Crippen LogP contribution in [0.2, 0.25) is 0 Å². The van der Waals surface area contributed by atoms with Crippen LogP contribution in [0.3, 0.4) is 0 Å². The molecule has 6 nitrogen and oxygen atoms in total. The molecule has 0 bridgehead atoms. The van der Waals surface area contributed by atoms with Crippen LogP contribution in [0, 0.1) is 6.92 Å². The van der Waals surface area contributed by atoms with E-state index in [0.717, 1.165) is 35.4 Å². The molecule has 3 aromatic rings.